The summed E-state index contributed by atoms with van der Waals surface area (Å²) in [6.07, 6.45) is 15.0. The van der Waals surface area contributed by atoms with Crippen LogP contribution in [0.25, 0.3) is 16.7 Å². The SMILES string of the molecule is C[C@]12CC[C@@H](O)CC1=CC[C@H]1[C@H]2CC[C@]2(C)C(n3cnc4ccccc43)=CC[C@H]12. The molecule has 3 heteroatoms. The highest BCUT2D eigenvalue weighted by molar-refractivity contribution is 5.80. The highest BCUT2D eigenvalue weighted by Gasteiger charge is 2.57. The lowest BCUT2D eigenvalue weighted by Crippen LogP contribution is -2.50. The van der Waals surface area contributed by atoms with E-state index >= 15 is 0 Å². The molecule has 0 unspecified atom stereocenters. The zero-order valence-electron chi connectivity index (χ0n) is 17.6. The first-order chi connectivity index (χ1) is 14.0. The summed E-state index contributed by atoms with van der Waals surface area (Å²) in [5, 5.41) is 10.2. The summed E-state index contributed by atoms with van der Waals surface area (Å²) in [7, 11) is 0. The lowest BCUT2D eigenvalue weighted by Gasteiger charge is -2.57. The minimum Gasteiger partial charge on any atom is -0.393 e. The van der Waals surface area contributed by atoms with Crippen LogP contribution in [0.1, 0.15) is 58.8 Å². The van der Waals surface area contributed by atoms with Gasteiger partial charge in [-0.25, -0.2) is 4.98 Å². The molecule has 2 saturated carbocycles. The van der Waals surface area contributed by atoms with Gasteiger partial charge in [0.2, 0.25) is 0 Å². The summed E-state index contributed by atoms with van der Waals surface area (Å²) < 4.78 is 2.37. The van der Waals surface area contributed by atoms with Gasteiger partial charge in [0.15, 0.2) is 0 Å². The Kier molecular flexibility index (Phi) is 3.76. The molecule has 0 spiro atoms. The van der Waals surface area contributed by atoms with Crippen LogP contribution < -0.4 is 0 Å². The molecule has 3 nitrogen and oxygen atoms in total. The Bertz CT molecular complexity index is 1030. The quantitative estimate of drug-likeness (QED) is 0.626. The van der Waals surface area contributed by atoms with E-state index in [4.69, 9.17) is 0 Å². The second-order valence-corrected chi connectivity index (χ2v) is 10.5. The Labute approximate surface area is 173 Å². The second-order valence-electron chi connectivity index (χ2n) is 10.5. The molecule has 0 amide bonds. The minimum absolute atomic E-state index is 0.117. The van der Waals surface area contributed by atoms with Crippen LogP contribution in [-0.2, 0) is 0 Å². The second kappa shape index (κ2) is 6.07. The number of fused-ring (bicyclic) bond motifs is 6. The normalized spacial score (nSPS) is 41.3. The van der Waals surface area contributed by atoms with E-state index in [0.717, 1.165) is 42.5 Å². The van der Waals surface area contributed by atoms with E-state index in [0.29, 0.717) is 5.41 Å². The first kappa shape index (κ1) is 17.9. The van der Waals surface area contributed by atoms with Crippen molar-refractivity contribution in [3.63, 3.8) is 0 Å². The lowest BCUT2D eigenvalue weighted by atomic mass is 9.48. The number of para-hydroxylation sites is 2. The molecule has 6 atom stereocenters. The van der Waals surface area contributed by atoms with E-state index in [-0.39, 0.29) is 11.5 Å². The fourth-order valence-corrected chi connectivity index (χ4v) is 7.71. The molecule has 6 rings (SSSR count). The third kappa shape index (κ3) is 2.37. The molecule has 0 bridgehead atoms. The molecule has 1 aromatic heterocycles. The molecular weight excluding hydrogens is 356 g/mol. The summed E-state index contributed by atoms with van der Waals surface area (Å²) in [5.74, 6) is 2.26. The molecule has 4 aliphatic carbocycles. The zero-order chi connectivity index (χ0) is 19.8. The Morgan fingerprint density at radius 2 is 1.83 bits per heavy atom. The molecule has 0 saturated heterocycles. The van der Waals surface area contributed by atoms with Crippen molar-refractivity contribution in [2.24, 2.45) is 28.6 Å². The average molecular weight is 389 g/mol. The number of allylic oxidation sites excluding steroid dienone is 3. The first-order valence-corrected chi connectivity index (χ1v) is 11.5. The van der Waals surface area contributed by atoms with E-state index in [9.17, 15) is 5.11 Å². The molecule has 1 aromatic carbocycles. The molecule has 2 aromatic rings. The number of aromatic nitrogens is 2. The Balaban J connectivity index is 1.36. The molecule has 1 heterocycles. The van der Waals surface area contributed by atoms with Crippen molar-refractivity contribution in [3.8, 4) is 0 Å². The number of hydrogen-bond donors (Lipinski definition) is 1. The number of aliphatic hydroxyl groups excluding tert-OH is 1. The van der Waals surface area contributed by atoms with Crippen molar-refractivity contribution in [1.29, 1.82) is 0 Å². The van der Waals surface area contributed by atoms with Gasteiger partial charge in [0, 0.05) is 11.1 Å². The van der Waals surface area contributed by atoms with Crippen LogP contribution in [0.5, 0.6) is 0 Å². The van der Waals surface area contributed by atoms with Crippen molar-refractivity contribution in [2.75, 3.05) is 0 Å². The van der Waals surface area contributed by atoms with Gasteiger partial charge in [-0.3, -0.25) is 0 Å². The number of hydrogen-bond acceptors (Lipinski definition) is 2. The van der Waals surface area contributed by atoms with Gasteiger partial charge in [-0.05, 0) is 80.2 Å². The van der Waals surface area contributed by atoms with E-state index in [1.165, 1.54) is 36.9 Å². The first-order valence-electron chi connectivity index (χ1n) is 11.5. The molecule has 152 valence electrons. The summed E-state index contributed by atoms with van der Waals surface area (Å²) in [5.41, 5.74) is 5.92. The minimum atomic E-state index is -0.117. The molecule has 1 N–H and O–H groups in total. The number of rotatable bonds is 1. The third-order valence-electron chi connectivity index (χ3n) is 9.33. The summed E-state index contributed by atoms with van der Waals surface area (Å²) in [4.78, 5) is 4.67. The van der Waals surface area contributed by atoms with Gasteiger partial charge in [0.25, 0.3) is 0 Å². The summed E-state index contributed by atoms with van der Waals surface area (Å²) in [6.45, 7) is 5.03. The Morgan fingerprint density at radius 3 is 2.72 bits per heavy atom. The van der Waals surface area contributed by atoms with E-state index < -0.39 is 0 Å². The van der Waals surface area contributed by atoms with Crippen LogP contribution in [0.15, 0.2) is 48.3 Å². The monoisotopic (exact) mass is 388 g/mol. The van der Waals surface area contributed by atoms with E-state index in [1.54, 1.807) is 5.57 Å². The van der Waals surface area contributed by atoms with Crippen LogP contribution in [0.3, 0.4) is 0 Å². The fraction of sp³-hybridized carbons (Fsp3) is 0.577. The number of imidazole rings is 1. The number of benzene rings is 1. The lowest BCUT2D eigenvalue weighted by molar-refractivity contribution is -0.0249. The highest BCUT2D eigenvalue weighted by atomic mass is 16.3. The van der Waals surface area contributed by atoms with Crippen LogP contribution in [0.4, 0.5) is 0 Å². The zero-order valence-corrected chi connectivity index (χ0v) is 17.6. The van der Waals surface area contributed by atoms with Gasteiger partial charge >= 0.3 is 0 Å². The van der Waals surface area contributed by atoms with Gasteiger partial charge in [-0.1, -0.05) is 43.7 Å². The number of aliphatic hydroxyl groups is 1. The van der Waals surface area contributed by atoms with Crippen molar-refractivity contribution >= 4 is 16.7 Å². The van der Waals surface area contributed by atoms with Crippen molar-refractivity contribution < 1.29 is 5.11 Å². The molecule has 0 radical (unpaired) electrons. The maximum absolute atomic E-state index is 10.2. The standard InChI is InChI=1S/C26H32N2O/c1-25-13-11-18(29)15-17(25)7-8-19-20-9-10-24(26(20,2)14-12-21(19)25)28-16-27-22-5-3-4-6-23(22)28/h3-7,10,16,18-21,29H,8-9,11-15H2,1-2H3/t18-,19-,20-,21-,25+,26+/m1/s1. The Hall–Kier alpha value is -1.87. The van der Waals surface area contributed by atoms with E-state index in [2.05, 4.69) is 59.8 Å². The largest absolute Gasteiger partial charge is 0.393 e. The smallest absolute Gasteiger partial charge is 0.100 e. The van der Waals surface area contributed by atoms with Crippen molar-refractivity contribution in [1.82, 2.24) is 9.55 Å². The van der Waals surface area contributed by atoms with Crippen LogP contribution >= 0.6 is 0 Å². The maximum atomic E-state index is 10.2. The predicted octanol–water partition coefficient (Wildman–Crippen LogP) is 5.81. The summed E-state index contributed by atoms with van der Waals surface area (Å²) in [6, 6.07) is 8.52. The van der Waals surface area contributed by atoms with Gasteiger partial charge in [-0.2, -0.15) is 0 Å². The van der Waals surface area contributed by atoms with Crippen molar-refractivity contribution in [2.45, 2.75) is 64.9 Å². The molecule has 29 heavy (non-hydrogen) atoms. The topological polar surface area (TPSA) is 38.0 Å². The van der Waals surface area contributed by atoms with E-state index in [1.807, 2.05) is 6.33 Å². The molecule has 0 aliphatic heterocycles. The predicted molar refractivity (Wildman–Crippen MR) is 117 cm³/mol. The molecule has 2 fully saturated rings. The maximum Gasteiger partial charge on any atom is 0.100 e. The Morgan fingerprint density at radius 1 is 1.00 bits per heavy atom. The average Bonchev–Trinajstić information content (AvgIpc) is 3.29. The van der Waals surface area contributed by atoms with Crippen LogP contribution in [0, 0.1) is 28.6 Å². The van der Waals surface area contributed by atoms with Gasteiger partial charge in [0.1, 0.15) is 6.33 Å². The van der Waals surface area contributed by atoms with Gasteiger partial charge in [0.05, 0.1) is 17.1 Å². The number of nitrogens with zero attached hydrogens (tertiary/aromatic N) is 2. The summed E-state index contributed by atoms with van der Waals surface area (Å²) >= 11 is 0. The highest BCUT2D eigenvalue weighted by Crippen LogP contribution is 2.65. The fourth-order valence-electron chi connectivity index (χ4n) is 7.71. The van der Waals surface area contributed by atoms with Crippen molar-refractivity contribution in [3.05, 3.63) is 48.3 Å². The molecular formula is C26H32N2O. The van der Waals surface area contributed by atoms with Gasteiger partial charge < -0.3 is 9.67 Å². The van der Waals surface area contributed by atoms with Gasteiger partial charge in [-0.15, -0.1) is 0 Å². The van der Waals surface area contributed by atoms with Crippen LogP contribution in [0.2, 0.25) is 0 Å². The molecule has 4 aliphatic rings. The van der Waals surface area contributed by atoms with Crippen LogP contribution in [-0.4, -0.2) is 20.8 Å². The third-order valence-corrected chi connectivity index (χ3v) is 9.33.